The van der Waals surface area contributed by atoms with E-state index in [2.05, 4.69) is 41.5 Å². The molecule has 0 unspecified atom stereocenters. The van der Waals surface area contributed by atoms with Gasteiger partial charge in [0.25, 0.3) is 0 Å². The van der Waals surface area contributed by atoms with E-state index in [1.807, 2.05) is 69.2 Å². The number of hydrogen-bond acceptors (Lipinski definition) is 0. The van der Waals surface area contributed by atoms with Crippen molar-refractivity contribution in [2.45, 2.75) is 169 Å². The molecule has 1 saturated carbocycles. The minimum Gasteiger partial charge on any atom is -0.0683 e. The summed E-state index contributed by atoms with van der Waals surface area (Å²) in [5.41, 5.74) is 1.06. The van der Waals surface area contributed by atoms with Crippen molar-refractivity contribution in [3.63, 3.8) is 0 Å². The summed E-state index contributed by atoms with van der Waals surface area (Å²) in [5.74, 6) is 0. The van der Waals surface area contributed by atoms with Gasteiger partial charge in [0.05, 0.1) is 0 Å². The topological polar surface area (TPSA) is 0 Å². The van der Waals surface area contributed by atoms with Crippen LogP contribution in [0, 0.1) is 10.8 Å². The average molecular weight is 391 g/mol. The lowest BCUT2D eigenvalue weighted by molar-refractivity contribution is 0.176. The summed E-state index contributed by atoms with van der Waals surface area (Å²) < 4.78 is 0. The first-order valence-corrected chi connectivity index (χ1v) is 12.8. The molecule has 0 atom stereocenters. The fourth-order valence-electron chi connectivity index (χ4n) is 3.07. The van der Waals surface area contributed by atoms with E-state index in [1.54, 1.807) is 0 Å². The van der Waals surface area contributed by atoms with E-state index in [4.69, 9.17) is 0 Å². The van der Waals surface area contributed by atoms with Crippen LogP contribution in [0.1, 0.15) is 169 Å². The van der Waals surface area contributed by atoms with Gasteiger partial charge in [-0.3, -0.25) is 0 Å². The Hall–Kier alpha value is 0. The van der Waals surface area contributed by atoms with Crippen molar-refractivity contribution >= 4 is 0 Å². The van der Waals surface area contributed by atoms with Crippen molar-refractivity contribution in [2.24, 2.45) is 10.8 Å². The Kier molecular flexibility index (Phi) is 56.5. The lowest BCUT2D eigenvalue weighted by Crippen LogP contribution is -2.22. The summed E-state index contributed by atoms with van der Waals surface area (Å²) in [6.07, 6.45) is 12.8. The second-order valence-corrected chi connectivity index (χ2v) is 7.38. The number of rotatable bonds is 5. The Morgan fingerprint density at radius 2 is 0.741 bits per heavy atom. The fourth-order valence-corrected chi connectivity index (χ4v) is 3.07. The van der Waals surface area contributed by atoms with Crippen LogP contribution in [0.4, 0.5) is 0 Å². The second-order valence-electron chi connectivity index (χ2n) is 7.38. The molecule has 0 aliphatic heterocycles. The first-order valence-electron chi connectivity index (χ1n) is 12.8. The summed E-state index contributed by atoms with van der Waals surface area (Å²) in [4.78, 5) is 0. The highest BCUT2D eigenvalue weighted by Crippen LogP contribution is 2.38. The van der Waals surface area contributed by atoms with Gasteiger partial charge in [-0.05, 0) is 23.7 Å². The molecule has 0 bridgehead atoms. The van der Waals surface area contributed by atoms with Crippen LogP contribution in [-0.4, -0.2) is 0 Å². The van der Waals surface area contributed by atoms with Crippen molar-refractivity contribution in [3.8, 4) is 0 Å². The summed E-state index contributed by atoms with van der Waals surface area (Å²) in [7, 11) is 0. The summed E-state index contributed by atoms with van der Waals surface area (Å²) >= 11 is 0. The molecular weight excluding hydrogens is 324 g/mol. The molecule has 174 valence electrons. The van der Waals surface area contributed by atoms with Gasteiger partial charge >= 0.3 is 0 Å². The van der Waals surface area contributed by atoms with Crippen molar-refractivity contribution < 1.29 is 0 Å². The minimum absolute atomic E-state index is 0.526. The summed E-state index contributed by atoms with van der Waals surface area (Å²) in [6, 6.07) is 0. The first-order chi connectivity index (χ1) is 12.8. The van der Waals surface area contributed by atoms with Gasteiger partial charge in [-0.2, -0.15) is 0 Å². The standard InChI is InChI=1S/C12H26.C5H10.5C2H6/c1-7-9-12(5,6)10-11(3,4)8-2;1-2-4-5-3-1;5*1-2/h7-10H2,1-6H3;1-5H2;5*1-2H3. The van der Waals surface area contributed by atoms with E-state index in [0.29, 0.717) is 10.8 Å². The Bertz CT molecular complexity index is 165. The zero-order valence-electron chi connectivity index (χ0n) is 23.4. The van der Waals surface area contributed by atoms with Crippen LogP contribution in [-0.2, 0) is 0 Å². The van der Waals surface area contributed by atoms with E-state index in [1.165, 1.54) is 57.8 Å². The van der Waals surface area contributed by atoms with Crippen LogP contribution in [0.25, 0.3) is 0 Å². The molecule has 0 heteroatoms. The molecule has 0 amide bonds. The van der Waals surface area contributed by atoms with Gasteiger partial charge in [0.1, 0.15) is 0 Å². The lowest BCUT2D eigenvalue weighted by atomic mass is 9.72. The van der Waals surface area contributed by atoms with Crippen LogP contribution in [0.5, 0.6) is 0 Å². The van der Waals surface area contributed by atoms with Crippen molar-refractivity contribution in [2.75, 3.05) is 0 Å². The highest BCUT2D eigenvalue weighted by molar-refractivity contribution is 4.77. The molecule has 0 nitrogen and oxygen atoms in total. The second kappa shape index (κ2) is 36.8. The smallest absolute Gasteiger partial charge is 0.0349 e. The molecule has 1 fully saturated rings. The van der Waals surface area contributed by atoms with Gasteiger partial charge < -0.3 is 0 Å². The molecule has 0 saturated heterocycles. The summed E-state index contributed by atoms with van der Waals surface area (Å²) in [5, 5.41) is 0. The van der Waals surface area contributed by atoms with Gasteiger partial charge in [-0.1, -0.05) is 156 Å². The van der Waals surface area contributed by atoms with E-state index in [-0.39, 0.29) is 0 Å². The number of hydrogen-bond donors (Lipinski definition) is 0. The van der Waals surface area contributed by atoms with Crippen molar-refractivity contribution in [3.05, 3.63) is 0 Å². The molecule has 1 aliphatic rings. The highest BCUT2D eigenvalue weighted by Gasteiger charge is 2.26. The third-order valence-corrected chi connectivity index (χ3v) is 4.09. The fraction of sp³-hybridized carbons (Fsp3) is 1.00. The quantitative estimate of drug-likeness (QED) is 0.437. The molecule has 0 aromatic rings. The monoisotopic (exact) mass is 391 g/mol. The van der Waals surface area contributed by atoms with E-state index >= 15 is 0 Å². The molecule has 0 radical (unpaired) electrons. The maximum Gasteiger partial charge on any atom is -0.0349 e. The van der Waals surface area contributed by atoms with Gasteiger partial charge in [-0.15, -0.1) is 0 Å². The normalized spacial score (nSPS) is 11.6. The van der Waals surface area contributed by atoms with E-state index in [9.17, 15) is 0 Å². The van der Waals surface area contributed by atoms with Crippen LogP contribution in [0.15, 0.2) is 0 Å². The van der Waals surface area contributed by atoms with Crippen molar-refractivity contribution in [1.29, 1.82) is 0 Å². The Labute approximate surface area is 179 Å². The molecule has 0 heterocycles. The van der Waals surface area contributed by atoms with Crippen LogP contribution in [0.2, 0.25) is 0 Å². The zero-order chi connectivity index (χ0) is 23.4. The molecule has 0 aromatic heterocycles. The molecule has 0 spiro atoms. The molecular formula is C27H66. The minimum atomic E-state index is 0.526. The van der Waals surface area contributed by atoms with Gasteiger partial charge in [0, 0.05) is 0 Å². The van der Waals surface area contributed by atoms with Gasteiger partial charge in [0.15, 0.2) is 0 Å². The van der Waals surface area contributed by atoms with Gasteiger partial charge in [0.2, 0.25) is 0 Å². The predicted octanol–water partition coefficient (Wildman–Crippen LogP) is 11.7. The maximum absolute atomic E-state index is 2.40. The molecule has 1 rings (SSSR count). The lowest BCUT2D eigenvalue weighted by Gasteiger charge is -2.34. The SMILES string of the molecule is C1CCCC1.CC.CC.CC.CC.CC.CCCC(C)(C)CC(C)(C)CC. The molecule has 0 aromatic carbocycles. The third kappa shape index (κ3) is 46.2. The Morgan fingerprint density at radius 1 is 0.481 bits per heavy atom. The predicted molar refractivity (Wildman–Crippen MR) is 137 cm³/mol. The maximum atomic E-state index is 2.40. The Balaban J connectivity index is -0.0000000609. The first kappa shape index (κ1) is 41.4. The molecule has 0 N–H and O–H groups in total. The molecule has 27 heavy (non-hydrogen) atoms. The largest absolute Gasteiger partial charge is 0.0683 e. The molecule has 1 aliphatic carbocycles. The van der Waals surface area contributed by atoms with Crippen LogP contribution >= 0.6 is 0 Å². The van der Waals surface area contributed by atoms with Crippen LogP contribution in [0.3, 0.4) is 0 Å². The van der Waals surface area contributed by atoms with E-state index < -0.39 is 0 Å². The highest BCUT2D eigenvalue weighted by atomic mass is 14.3. The van der Waals surface area contributed by atoms with Crippen LogP contribution < -0.4 is 0 Å². The third-order valence-electron chi connectivity index (χ3n) is 4.09. The van der Waals surface area contributed by atoms with Gasteiger partial charge in [-0.25, -0.2) is 0 Å². The summed E-state index contributed by atoms with van der Waals surface area (Å²) in [6.45, 7) is 34.1. The average Bonchev–Trinajstić information content (AvgIpc) is 3.29. The zero-order valence-corrected chi connectivity index (χ0v) is 23.4. The van der Waals surface area contributed by atoms with Crippen molar-refractivity contribution in [1.82, 2.24) is 0 Å². The van der Waals surface area contributed by atoms with E-state index in [0.717, 1.165) is 0 Å². The Morgan fingerprint density at radius 3 is 0.926 bits per heavy atom.